The van der Waals surface area contributed by atoms with Crippen molar-refractivity contribution in [2.75, 3.05) is 5.32 Å². The van der Waals surface area contributed by atoms with Crippen LogP contribution in [0.25, 0.3) is 0 Å². The maximum Gasteiger partial charge on any atom is 0.257 e. The van der Waals surface area contributed by atoms with Crippen LogP contribution in [0.5, 0.6) is 5.75 Å². The van der Waals surface area contributed by atoms with Gasteiger partial charge in [-0.15, -0.1) is 0 Å². The number of aryl methyl sites for hydroxylation is 1. The van der Waals surface area contributed by atoms with Crippen LogP contribution in [0, 0.1) is 6.92 Å². The highest BCUT2D eigenvalue weighted by Gasteiger charge is 2.10. The summed E-state index contributed by atoms with van der Waals surface area (Å²) in [6.45, 7) is 2.20. The summed E-state index contributed by atoms with van der Waals surface area (Å²) < 4.78 is 18.5. The van der Waals surface area contributed by atoms with Crippen molar-refractivity contribution in [2.45, 2.75) is 13.5 Å². The number of aromatic nitrogens is 3. The first-order chi connectivity index (χ1) is 10.7. The second-order valence-corrected chi connectivity index (χ2v) is 4.98. The number of nitrogens with zero attached hydrogens (tertiary/aromatic N) is 3. The maximum atomic E-state index is 12.1. The van der Waals surface area contributed by atoms with Crippen LogP contribution in [0.15, 0.2) is 41.1 Å². The number of ether oxygens (including phenoxy) is 1. The molecule has 112 valence electrons. The van der Waals surface area contributed by atoms with E-state index >= 15 is 0 Å². The van der Waals surface area contributed by atoms with Crippen molar-refractivity contribution in [3.63, 3.8) is 0 Å². The molecule has 0 aliphatic heterocycles. The van der Waals surface area contributed by atoms with Gasteiger partial charge in [-0.25, -0.2) is 0 Å². The lowest BCUT2D eigenvalue weighted by molar-refractivity contribution is 0.102. The Kier molecular flexibility index (Phi) is 4.10. The van der Waals surface area contributed by atoms with Crippen LogP contribution >= 0.6 is 11.7 Å². The summed E-state index contributed by atoms with van der Waals surface area (Å²) in [6.07, 6.45) is 1.39. The molecule has 8 heteroatoms. The molecule has 1 amide bonds. The number of rotatable bonds is 5. The van der Waals surface area contributed by atoms with Gasteiger partial charge in [0.05, 0.1) is 17.4 Å². The van der Waals surface area contributed by atoms with Crippen LogP contribution in [0.1, 0.15) is 21.7 Å². The van der Waals surface area contributed by atoms with Crippen LogP contribution < -0.4 is 10.1 Å². The smallest absolute Gasteiger partial charge is 0.257 e. The molecule has 0 bridgehead atoms. The van der Waals surface area contributed by atoms with Crippen molar-refractivity contribution >= 4 is 23.5 Å². The largest absolute Gasteiger partial charge is 0.487 e. The van der Waals surface area contributed by atoms with Crippen molar-refractivity contribution in [3.05, 3.63) is 53.5 Å². The van der Waals surface area contributed by atoms with E-state index in [9.17, 15) is 4.79 Å². The number of nitrogens with one attached hydrogen (secondary N) is 1. The van der Waals surface area contributed by atoms with E-state index in [1.54, 1.807) is 30.3 Å². The molecule has 2 aromatic heterocycles. The first kappa shape index (κ1) is 14.2. The topological polar surface area (TPSA) is 90.1 Å². The SMILES string of the molecule is Cc1nsnc1COc1cccc(C(=O)Nc2ccon2)c1. The summed E-state index contributed by atoms with van der Waals surface area (Å²) in [5.41, 5.74) is 2.11. The molecule has 0 saturated heterocycles. The standard InChI is InChI=1S/C14H12N4O3S/c1-9-12(18-22-17-9)8-20-11-4-2-3-10(7-11)14(19)15-13-5-6-21-16-13/h2-7H,8H2,1H3,(H,15,16,19). The third-order valence-corrected chi connectivity index (χ3v) is 3.56. The monoisotopic (exact) mass is 316 g/mol. The zero-order chi connectivity index (χ0) is 15.4. The molecular weight excluding hydrogens is 304 g/mol. The number of hydrogen-bond acceptors (Lipinski definition) is 7. The summed E-state index contributed by atoms with van der Waals surface area (Å²) in [4.78, 5) is 12.1. The van der Waals surface area contributed by atoms with Gasteiger partial charge in [0.1, 0.15) is 24.3 Å². The molecule has 7 nitrogen and oxygen atoms in total. The minimum Gasteiger partial charge on any atom is -0.487 e. The van der Waals surface area contributed by atoms with Gasteiger partial charge in [-0.05, 0) is 25.1 Å². The average Bonchev–Trinajstić information content (AvgIpc) is 3.17. The van der Waals surface area contributed by atoms with E-state index in [0.29, 0.717) is 23.7 Å². The summed E-state index contributed by atoms with van der Waals surface area (Å²) in [5.74, 6) is 0.659. The molecule has 3 aromatic rings. The van der Waals surface area contributed by atoms with Crippen LogP contribution in [0.3, 0.4) is 0 Å². The maximum absolute atomic E-state index is 12.1. The fourth-order valence-electron chi connectivity index (χ4n) is 1.72. The fourth-order valence-corrected chi connectivity index (χ4v) is 2.28. The zero-order valence-electron chi connectivity index (χ0n) is 11.6. The Morgan fingerprint density at radius 2 is 2.27 bits per heavy atom. The van der Waals surface area contributed by atoms with Crippen molar-refractivity contribution in [1.29, 1.82) is 0 Å². The van der Waals surface area contributed by atoms with Gasteiger partial charge in [-0.2, -0.15) is 8.75 Å². The van der Waals surface area contributed by atoms with Gasteiger partial charge in [0.2, 0.25) is 0 Å². The van der Waals surface area contributed by atoms with Crippen molar-refractivity contribution < 1.29 is 14.1 Å². The fraction of sp³-hybridized carbons (Fsp3) is 0.143. The van der Waals surface area contributed by atoms with Crippen molar-refractivity contribution in [3.8, 4) is 5.75 Å². The number of carbonyl (C=O) groups excluding carboxylic acids is 1. The Morgan fingerprint density at radius 1 is 1.36 bits per heavy atom. The van der Waals surface area contributed by atoms with Crippen LogP contribution in [0.2, 0.25) is 0 Å². The summed E-state index contributed by atoms with van der Waals surface area (Å²) in [5, 5.41) is 6.26. The Labute approximate surface area is 130 Å². The molecule has 0 fully saturated rings. The van der Waals surface area contributed by atoms with Gasteiger partial charge in [-0.3, -0.25) is 4.79 Å². The molecule has 2 heterocycles. The molecular formula is C14H12N4O3S. The van der Waals surface area contributed by atoms with Crippen molar-refractivity contribution in [1.82, 2.24) is 13.9 Å². The highest BCUT2D eigenvalue weighted by atomic mass is 32.1. The Hall–Kier alpha value is -2.74. The quantitative estimate of drug-likeness (QED) is 0.778. The van der Waals surface area contributed by atoms with Crippen LogP contribution in [-0.2, 0) is 6.61 Å². The lowest BCUT2D eigenvalue weighted by Gasteiger charge is -2.07. The first-order valence-corrected chi connectivity index (χ1v) is 7.18. The summed E-state index contributed by atoms with van der Waals surface area (Å²) in [6, 6.07) is 8.44. The van der Waals surface area contributed by atoms with Gasteiger partial charge in [0.25, 0.3) is 5.91 Å². The van der Waals surface area contributed by atoms with E-state index in [2.05, 4.69) is 23.7 Å². The number of anilines is 1. The first-order valence-electron chi connectivity index (χ1n) is 6.45. The van der Waals surface area contributed by atoms with Crippen molar-refractivity contribution in [2.24, 2.45) is 0 Å². The zero-order valence-corrected chi connectivity index (χ0v) is 12.5. The third kappa shape index (κ3) is 3.29. The van der Waals surface area contributed by atoms with Crippen LogP contribution in [0.4, 0.5) is 5.82 Å². The predicted octanol–water partition coefficient (Wildman–Crippen LogP) is 2.67. The third-order valence-electron chi connectivity index (χ3n) is 2.90. The molecule has 0 aliphatic rings. The van der Waals surface area contributed by atoms with E-state index in [1.165, 1.54) is 6.26 Å². The Bertz CT molecular complexity index is 770. The minimum atomic E-state index is -0.286. The highest BCUT2D eigenvalue weighted by Crippen LogP contribution is 2.17. The van der Waals surface area contributed by atoms with Gasteiger partial charge in [0, 0.05) is 11.6 Å². The molecule has 0 saturated carbocycles. The second-order valence-electron chi connectivity index (χ2n) is 4.45. The van der Waals surface area contributed by atoms with Gasteiger partial charge in [-0.1, -0.05) is 11.2 Å². The minimum absolute atomic E-state index is 0.286. The van der Waals surface area contributed by atoms with E-state index < -0.39 is 0 Å². The van der Waals surface area contributed by atoms with E-state index in [-0.39, 0.29) is 5.91 Å². The predicted molar refractivity (Wildman–Crippen MR) is 79.9 cm³/mol. The van der Waals surface area contributed by atoms with Gasteiger partial charge in [0.15, 0.2) is 5.82 Å². The summed E-state index contributed by atoms with van der Waals surface area (Å²) >= 11 is 1.15. The molecule has 1 N–H and O–H groups in total. The molecule has 1 aromatic carbocycles. The van der Waals surface area contributed by atoms with E-state index in [4.69, 9.17) is 4.74 Å². The van der Waals surface area contributed by atoms with Crippen LogP contribution in [-0.4, -0.2) is 19.8 Å². The second kappa shape index (κ2) is 6.35. The molecule has 0 radical (unpaired) electrons. The average molecular weight is 316 g/mol. The normalized spacial score (nSPS) is 10.4. The lowest BCUT2D eigenvalue weighted by Crippen LogP contribution is -2.12. The number of carbonyl (C=O) groups is 1. The number of amides is 1. The van der Waals surface area contributed by atoms with Gasteiger partial charge >= 0.3 is 0 Å². The number of hydrogen-bond donors (Lipinski definition) is 1. The molecule has 0 atom stereocenters. The molecule has 3 rings (SSSR count). The number of benzene rings is 1. The summed E-state index contributed by atoms with van der Waals surface area (Å²) in [7, 11) is 0. The highest BCUT2D eigenvalue weighted by molar-refractivity contribution is 6.99. The van der Waals surface area contributed by atoms with E-state index in [0.717, 1.165) is 23.1 Å². The van der Waals surface area contributed by atoms with Gasteiger partial charge < -0.3 is 14.6 Å². The Morgan fingerprint density at radius 3 is 3.00 bits per heavy atom. The molecule has 0 unspecified atom stereocenters. The molecule has 0 spiro atoms. The Balaban J connectivity index is 1.67. The molecule has 22 heavy (non-hydrogen) atoms. The lowest BCUT2D eigenvalue weighted by atomic mass is 10.2. The molecule has 0 aliphatic carbocycles. The van der Waals surface area contributed by atoms with E-state index in [1.807, 2.05) is 6.92 Å².